The van der Waals surface area contributed by atoms with Gasteiger partial charge in [-0.15, -0.1) is 0 Å². The molecular weight excluding hydrogens is 216 g/mol. The van der Waals surface area contributed by atoms with Crippen LogP contribution in [0.1, 0.15) is 32.4 Å². The van der Waals surface area contributed by atoms with Crippen molar-refractivity contribution in [1.29, 1.82) is 0 Å². The van der Waals surface area contributed by atoms with E-state index >= 15 is 0 Å². The summed E-state index contributed by atoms with van der Waals surface area (Å²) in [6.45, 7) is 5.58. The fourth-order valence-corrected chi connectivity index (χ4v) is 1.57. The van der Waals surface area contributed by atoms with Crippen LogP contribution in [0.25, 0.3) is 0 Å². The summed E-state index contributed by atoms with van der Waals surface area (Å²) >= 11 is 0. The number of carbonyl (C=O) groups excluding carboxylic acids is 1. The molecule has 3 nitrogen and oxygen atoms in total. The van der Waals surface area contributed by atoms with Crippen LogP contribution in [0.3, 0.4) is 0 Å². The Kier molecular flexibility index (Phi) is 3.29. The summed E-state index contributed by atoms with van der Waals surface area (Å²) in [4.78, 5) is 11.5. The molecule has 90 valence electrons. The first-order valence-corrected chi connectivity index (χ1v) is 5.72. The lowest BCUT2D eigenvalue weighted by Gasteiger charge is -2.04. The Balaban J connectivity index is 2.01. The third-order valence-corrected chi connectivity index (χ3v) is 2.89. The molecule has 1 saturated heterocycles. The molecule has 1 aliphatic heterocycles. The Bertz CT molecular complexity index is 445. The van der Waals surface area contributed by atoms with Gasteiger partial charge in [-0.3, -0.25) is 0 Å². The van der Waals surface area contributed by atoms with Gasteiger partial charge in [0.1, 0.15) is 11.9 Å². The summed E-state index contributed by atoms with van der Waals surface area (Å²) in [5, 5.41) is 0. The van der Waals surface area contributed by atoms with Crippen LogP contribution < -0.4 is 4.74 Å². The summed E-state index contributed by atoms with van der Waals surface area (Å²) in [7, 11) is 0. The van der Waals surface area contributed by atoms with Gasteiger partial charge < -0.3 is 9.47 Å². The van der Waals surface area contributed by atoms with Gasteiger partial charge >= 0.3 is 5.97 Å². The van der Waals surface area contributed by atoms with E-state index in [0.29, 0.717) is 17.4 Å². The van der Waals surface area contributed by atoms with E-state index < -0.39 is 0 Å². The van der Waals surface area contributed by atoms with Gasteiger partial charge in [-0.25, -0.2) is 4.79 Å². The van der Waals surface area contributed by atoms with Crippen molar-refractivity contribution in [1.82, 2.24) is 0 Å². The SMILES string of the molecule is C/C=C(\C)C(=O)Oc1ccc(C2OC2C)cc1. The smallest absolute Gasteiger partial charge is 0.338 e. The topological polar surface area (TPSA) is 38.8 Å². The van der Waals surface area contributed by atoms with Crippen molar-refractivity contribution in [3.8, 4) is 5.75 Å². The highest BCUT2D eigenvalue weighted by atomic mass is 16.6. The summed E-state index contributed by atoms with van der Waals surface area (Å²) in [5.74, 6) is 0.254. The first-order chi connectivity index (χ1) is 8.11. The molecule has 0 radical (unpaired) electrons. The molecular formula is C14H16O3. The van der Waals surface area contributed by atoms with E-state index in [4.69, 9.17) is 9.47 Å². The molecule has 0 spiro atoms. The zero-order valence-corrected chi connectivity index (χ0v) is 10.3. The summed E-state index contributed by atoms with van der Waals surface area (Å²) < 4.78 is 10.6. The third-order valence-electron chi connectivity index (χ3n) is 2.89. The minimum Gasteiger partial charge on any atom is -0.423 e. The largest absolute Gasteiger partial charge is 0.423 e. The zero-order chi connectivity index (χ0) is 12.4. The van der Waals surface area contributed by atoms with Gasteiger partial charge in [-0.05, 0) is 38.5 Å². The Morgan fingerprint density at radius 3 is 2.41 bits per heavy atom. The van der Waals surface area contributed by atoms with Crippen LogP contribution in [0.4, 0.5) is 0 Å². The van der Waals surface area contributed by atoms with Crippen LogP contribution in [0.15, 0.2) is 35.9 Å². The predicted molar refractivity (Wildman–Crippen MR) is 64.8 cm³/mol. The average molecular weight is 232 g/mol. The normalized spacial score (nSPS) is 23.4. The Hall–Kier alpha value is -1.61. The lowest BCUT2D eigenvalue weighted by molar-refractivity contribution is -0.130. The maximum atomic E-state index is 11.5. The molecule has 0 bridgehead atoms. The van der Waals surface area contributed by atoms with E-state index in [2.05, 4.69) is 0 Å². The van der Waals surface area contributed by atoms with Crippen molar-refractivity contribution in [2.45, 2.75) is 33.0 Å². The van der Waals surface area contributed by atoms with Crippen molar-refractivity contribution >= 4 is 5.97 Å². The number of benzene rings is 1. The van der Waals surface area contributed by atoms with E-state index in [1.165, 1.54) is 0 Å². The standard InChI is InChI=1S/C14H16O3/c1-4-9(2)14(15)17-12-7-5-11(6-8-12)13-10(3)16-13/h4-8,10,13H,1-3H3/b9-4+. The van der Waals surface area contributed by atoms with Crippen molar-refractivity contribution < 1.29 is 14.3 Å². The first-order valence-electron chi connectivity index (χ1n) is 5.72. The highest BCUT2D eigenvalue weighted by molar-refractivity contribution is 5.89. The summed E-state index contributed by atoms with van der Waals surface area (Å²) in [5.41, 5.74) is 1.73. The Labute approximate surface area is 101 Å². The molecule has 1 aliphatic rings. The van der Waals surface area contributed by atoms with Crippen LogP contribution in [0, 0.1) is 0 Å². The number of carbonyl (C=O) groups is 1. The summed E-state index contributed by atoms with van der Waals surface area (Å²) in [6.07, 6.45) is 2.24. The molecule has 2 unspecified atom stereocenters. The number of ether oxygens (including phenoxy) is 2. The number of hydrogen-bond donors (Lipinski definition) is 0. The molecule has 0 aromatic heterocycles. The number of rotatable bonds is 3. The number of allylic oxidation sites excluding steroid dienone is 1. The number of esters is 1. The van der Waals surface area contributed by atoms with Gasteiger partial charge in [-0.2, -0.15) is 0 Å². The highest BCUT2D eigenvalue weighted by Gasteiger charge is 2.35. The third kappa shape index (κ3) is 2.74. The Morgan fingerprint density at radius 1 is 1.35 bits per heavy atom. The zero-order valence-electron chi connectivity index (χ0n) is 10.3. The lowest BCUT2D eigenvalue weighted by Crippen LogP contribution is -2.08. The Morgan fingerprint density at radius 2 is 1.94 bits per heavy atom. The molecule has 0 saturated carbocycles. The minimum absolute atomic E-state index is 0.206. The molecule has 0 aliphatic carbocycles. The number of epoxide rings is 1. The van der Waals surface area contributed by atoms with Crippen LogP contribution in [-0.4, -0.2) is 12.1 Å². The van der Waals surface area contributed by atoms with Crippen LogP contribution in [0.5, 0.6) is 5.75 Å². The van der Waals surface area contributed by atoms with Gasteiger partial charge in [0.05, 0.1) is 6.10 Å². The lowest BCUT2D eigenvalue weighted by atomic mass is 10.1. The maximum absolute atomic E-state index is 11.5. The predicted octanol–water partition coefficient (Wildman–Crippen LogP) is 3.02. The van der Waals surface area contributed by atoms with E-state index in [1.807, 2.05) is 26.0 Å². The fourth-order valence-electron chi connectivity index (χ4n) is 1.57. The van der Waals surface area contributed by atoms with Crippen molar-refractivity contribution in [2.24, 2.45) is 0 Å². The fraction of sp³-hybridized carbons (Fsp3) is 0.357. The highest BCUT2D eigenvalue weighted by Crippen LogP contribution is 2.38. The second kappa shape index (κ2) is 4.72. The van der Waals surface area contributed by atoms with E-state index in [9.17, 15) is 4.79 Å². The molecule has 1 fully saturated rings. The van der Waals surface area contributed by atoms with Crippen molar-refractivity contribution in [3.63, 3.8) is 0 Å². The molecule has 2 rings (SSSR count). The van der Waals surface area contributed by atoms with Crippen LogP contribution >= 0.6 is 0 Å². The van der Waals surface area contributed by atoms with E-state index in [0.717, 1.165) is 5.56 Å². The summed E-state index contributed by atoms with van der Waals surface area (Å²) in [6, 6.07) is 7.46. The van der Waals surface area contributed by atoms with E-state index in [1.54, 1.807) is 25.1 Å². The number of hydrogen-bond acceptors (Lipinski definition) is 3. The first kappa shape index (κ1) is 11.9. The molecule has 3 heteroatoms. The molecule has 0 amide bonds. The quantitative estimate of drug-likeness (QED) is 0.348. The van der Waals surface area contributed by atoms with Gasteiger partial charge in [-0.1, -0.05) is 18.2 Å². The molecule has 1 heterocycles. The second-order valence-electron chi connectivity index (χ2n) is 4.19. The molecule has 1 aromatic carbocycles. The average Bonchev–Trinajstić information content (AvgIpc) is 3.06. The van der Waals surface area contributed by atoms with Crippen molar-refractivity contribution in [3.05, 3.63) is 41.5 Å². The van der Waals surface area contributed by atoms with E-state index in [-0.39, 0.29) is 12.1 Å². The van der Waals surface area contributed by atoms with Crippen molar-refractivity contribution in [2.75, 3.05) is 0 Å². The molecule has 17 heavy (non-hydrogen) atoms. The van der Waals surface area contributed by atoms with Gasteiger partial charge in [0.2, 0.25) is 0 Å². The molecule has 2 atom stereocenters. The maximum Gasteiger partial charge on any atom is 0.338 e. The monoisotopic (exact) mass is 232 g/mol. The van der Waals surface area contributed by atoms with Gasteiger partial charge in [0.15, 0.2) is 0 Å². The second-order valence-corrected chi connectivity index (χ2v) is 4.19. The van der Waals surface area contributed by atoms with Crippen LogP contribution in [-0.2, 0) is 9.53 Å². The molecule has 0 N–H and O–H groups in total. The van der Waals surface area contributed by atoms with Gasteiger partial charge in [0.25, 0.3) is 0 Å². The van der Waals surface area contributed by atoms with Crippen LogP contribution in [0.2, 0.25) is 0 Å². The van der Waals surface area contributed by atoms with Gasteiger partial charge in [0, 0.05) is 5.57 Å². The molecule has 1 aromatic rings. The minimum atomic E-state index is -0.309.